The number of rotatable bonds is 28. The minimum atomic E-state index is -0.393. The van der Waals surface area contributed by atoms with Crippen LogP contribution in [-0.2, 0) is 30.3 Å². The van der Waals surface area contributed by atoms with Gasteiger partial charge in [-0.05, 0) is 274 Å². The van der Waals surface area contributed by atoms with E-state index >= 15 is 0 Å². The van der Waals surface area contributed by atoms with Crippen molar-refractivity contribution >= 4 is 174 Å². The number of esters is 5. The first-order valence-corrected chi connectivity index (χ1v) is 59.7. The zero-order valence-electron chi connectivity index (χ0n) is 87.1. The minimum Gasteiger partial charge on any atom is -0.465 e. The molecule has 8 unspecified atom stereocenters. The first-order chi connectivity index (χ1) is 71.9. The van der Waals surface area contributed by atoms with E-state index in [9.17, 15) is 49.5 Å². The van der Waals surface area contributed by atoms with Gasteiger partial charge >= 0.3 is 29.8 Å². The number of carbonyl (C=O) groups is 5. The zero-order chi connectivity index (χ0) is 105. The number of nitrogens with zero attached hydrogens (tertiary/aromatic N) is 12. The Labute approximate surface area is 936 Å². The Balaban J connectivity index is 0.000000149. The molecule has 0 aromatic carbocycles. The van der Waals surface area contributed by atoms with Crippen LogP contribution < -0.4 is 61.3 Å². The molecule has 6 aliphatic carbocycles. The van der Waals surface area contributed by atoms with Gasteiger partial charge in [0, 0.05) is 269 Å². The molecule has 18 rings (SSSR count). The van der Waals surface area contributed by atoms with Gasteiger partial charge < -0.3 is 111 Å². The van der Waals surface area contributed by atoms with Crippen molar-refractivity contribution in [3.05, 3.63) is 132 Å². The maximum Gasteiger partial charge on any atom is 0.341 e. The van der Waals surface area contributed by atoms with Crippen molar-refractivity contribution in [1.29, 1.82) is 0 Å². The molecule has 148 heavy (non-hydrogen) atoms. The van der Waals surface area contributed by atoms with Crippen LogP contribution in [0, 0.1) is 30.8 Å². The van der Waals surface area contributed by atoms with Crippen molar-refractivity contribution < 1.29 is 73.2 Å². The summed E-state index contributed by atoms with van der Waals surface area (Å²) in [7, 11) is 6.95. The Kier molecular flexibility index (Phi) is 49.9. The molecule has 6 saturated heterocycles. The van der Waals surface area contributed by atoms with Gasteiger partial charge in [-0.3, -0.25) is 0 Å². The summed E-state index contributed by atoms with van der Waals surface area (Å²) in [6.45, 7) is 10.5. The van der Waals surface area contributed by atoms with Gasteiger partial charge in [-0.2, -0.15) is 0 Å². The molecule has 12 aliphatic rings. The SMILES string of the molecule is COC(=O)c1cc(Br)cnc1N1CCC(NC2CC2)CC1.COC(=O)c1cc(Br)cnc1N1CCC(NC2CCCC2)C(CO)C1.COC(=O)c1cc(Br)cnc1N1CCC(NC2CCCCCC2)C(CO)C1.COC(=O)c1cc(I)cnc1N1CCC(NC2CCCCC2)C(CO)C1.COC(=O)c1cc(I)cnc1N1CCC(NC2CCCCCC2)C(CO)C1.OCc1cc(Br)cnc1N1CCC(NC2CCCCC2)CC1. The third-order valence-electron chi connectivity index (χ3n) is 31.5. The number of methoxy groups -OCH3 is 5. The molecule has 6 aromatic heterocycles. The number of ether oxygens (including phenoxy) is 5. The average Bonchev–Trinajstić information content (AvgIpc) is 1.23. The average molecular weight is 2540 g/mol. The fourth-order valence-corrected chi connectivity index (χ4v) is 25.6. The van der Waals surface area contributed by atoms with Crippen LogP contribution in [0.3, 0.4) is 0 Å². The zero-order valence-corrected chi connectivity index (χ0v) is 97.8. The number of piperidine rings is 6. The molecular formula is C109H160Br4I2N18O15. The molecule has 0 bridgehead atoms. The molecule has 0 spiro atoms. The highest BCUT2D eigenvalue weighted by molar-refractivity contribution is 14.1. The highest BCUT2D eigenvalue weighted by atomic mass is 127. The molecule has 33 nitrogen and oxygen atoms in total. The maximum absolute atomic E-state index is 12.2. The number of anilines is 6. The summed E-state index contributed by atoms with van der Waals surface area (Å²) < 4.78 is 29.6. The highest BCUT2D eigenvalue weighted by Gasteiger charge is 2.40. The summed E-state index contributed by atoms with van der Waals surface area (Å²) in [5, 5.41) is 72.1. The molecule has 6 saturated carbocycles. The maximum atomic E-state index is 12.2. The number of pyridine rings is 6. The van der Waals surface area contributed by atoms with Gasteiger partial charge in [-0.25, -0.2) is 53.9 Å². The smallest absolute Gasteiger partial charge is 0.341 e. The lowest BCUT2D eigenvalue weighted by molar-refractivity contribution is 0.0591. The predicted molar refractivity (Wildman–Crippen MR) is 610 cm³/mol. The first kappa shape index (κ1) is 119. The number of hydrogen-bond donors (Lipinski definition) is 11. The standard InChI is InChI=1S/C20H30BrN3O3.C20H30IN3O3.C19H28IN3O3.C18H26BrN3O3.C17H26BrN3O.C15H20BrN3O2/c2*1-27-20(26)17-10-15(21)11-22-19(17)24-9-8-18(14(12-24)13-25)23-16-6-4-2-3-5-7-16;1-26-19(25)16-9-14(20)10-21-18(16)23-8-7-17(13(11-23)12-24)22-15-5-3-2-4-6-15;1-25-18(24)15-8-13(19)9-20-17(15)22-7-6-16(12(10-22)11-23)21-14-4-2-3-5-14;18-14-10-13(12-22)17(19-11-14)21-8-6-16(7-9-21)20-15-4-2-1-3-5-15;1-21-15(20)13-8-10(16)9-17-14(13)19-6-4-12(5-7-19)18-11-2-3-11/h2*10-11,14,16,18,23,25H,2-9,12-13H2,1H3;9-10,13,15,17,22,24H,2-8,11-12H2,1H3;8-9,12,14,16,21,23H,2-7,10-11H2,1H3;10-11,15-16,20,22H,1-9,12H2;8-9,11-12,18H,2-7H2,1H3. The van der Waals surface area contributed by atoms with Crippen LogP contribution in [0.4, 0.5) is 34.9 Å². The number of hydrogen-bond acceptors (Lipinski definition) is 33. The van der Waals surface area contributed by atoms with Gasteiger partial charge in [-0.15, -0.1) is 0 Å². The van der Waals surface area contributed by atoms with E-state index in [-0.39, 0.29) is 74.6 Å². The van der Waals surface area contributed by atoms with Gasteiger partial charge in [0.1, 0.15) is 62.7 Å². The normalized spacial score (nSPS) is 23.3. The largest absolute Gasteiger partial charge is 0.465 e. The third-order valence-corrected chi connectivity index (χ3v) is 34.4. The lowest BCUT2D eigenvalue weighted by atomic mass is 9.89. The van der Waals surface area contributed by atoms with Gasteiger partial charge in [0.05, 0.1) is 42.2 Å². The van der Waals surface area contributed by atoms with E-state index < -0.39 is 11.9 Å². The Hall–Kier alpha value is -6.01. The van der Waals surface area contributed by atoms with E-state index in [2.05, 4.69) is 200 Å². The van der Waals surface area contributed by atoms with Crippen molar-refractivity contribution in [2.24, 2.45) is 23.7 Å². The van der Waals surface area contributed by atoms with Crippen LogP contribution in [0.5, 0.6) is 0 Å². The lowest BCUT2D eigenvalue weighted by Crippen LogP contribution is -2.54. The number of aliphatic hydroxyl groups is 5. The molecular weight excluding hydrogens is 2370 g/mol. The summed E-state index contributed by atoms with van der Waals surface area (Å²) >= 11 is 17.8. The second-order valence-electron chi connectivity index (χ2n) is 41.8. The van der Waals surface area contributed by atoms with Crippen LogP contribution in [0.2, 0.25) is 0 Å². The van der Waals surface area contributed by atoms with Crippen molar-refractivity contribution in [2.75, 3.05) is 170 Å². The predicted octanol–water partition coefficient (Wildman–Crippen LogP) is 16.6. The van der Waals surface area contributed by atoms with E-state index in [1.54, 1.807) is 49.2 Å². The minimum absolute atomic E-state index is 0.0437. The summed E-state index contributed by atoms with van der Waals surface area (Å²) in [6.07, 6.45) is 55.3. The van der Waals surface area contributed by atoms with Crippen molar-refractivity contribution in [2.45, 2.75) is 310 Å². The first-order valence-electron chi connectivity index (χ1n) is 54.4. The van der Waals surface area contributed by atoms with E-state index in [0.29, 0.717) is 138 Å². The summed E-state index contributed by atoms with van der Waals surface area (Å²) in [4.78, 5) is 100. The molecule has 0 radical (unpaired) electrons. The summed E-state index contributed by atoms with van der Waals surface area (Å²) in [5.74, 6) is 2.94. The third kappa shape index (κ3) is 35.5. The second-order valence-corrected chi connectivity index (χ2v) is 48.0. The van der Waals surface area contributed by atoms with Crippen LogP contribution in [0.15, 0.2) is 91.5 Å². The number of aliphatic hydroxyl groups excluding tert-OH is 5. The Morgan fingerprint density at radius 3 is 0.750 bits per heavy atom. The van der Waals surface area contributed by atoms with Crippen molar-refractivity contribution in [3.63, 3.8) is 0 Å². The van der Waals surface area contributed by atoms with Crippen LogP contribution >= 0.6 is 109 Å². The lowest BCUT2D eigenvalue weighted by Gasteiger charge is -2.41. The van der Waals surface area contributed by atoms with Crippen molar-refractivity contribution in [3.8, 4) is 0 Å². The molecule has 12 fully saturated rings. The topological polar surface area (TPSA) is 402 Å². The fourth-order valence-electron chi connectivity index (χ4n) is 23.3. The Bertz CT molecular complexity index is 5000. The molecule has 6 aliphatic heterocycles. The van der Waals surface area contributed by atoms with E-state index in [1.807, 2.05) is 24.4 Å². The van der Waals surface area contributed by atoms with Crippen molar-refractivity contribution in [1.82, 2.24) is 61.8 Å². The van der Waals surface area contributed by atoms with Gasteiger partial charge in [0.2, 0.25) is 0 Å². The molecule has 6 aromatic rings. The Morgan fingerprint density at radius 2 is 0.486 bits per heavy atom. The fraction of sp³-hybridized carbons (Fsp3) is 0.679. The molecule has 0 amide bonds. The Morgan fingerprint density at radius 1 is 0.277 bits per heavy atom. The number of aromatic nitrogens is 6. The molecule has 12 heterocycles. The molecule has 8 atom stereocenters. The van der Waals surface area contributed by atoms with E-state index in [1.165, 1.54) is 228 Å². The number of nitrogens with one attached hydrogen (secondary N) is 6. The quantitative estimate of drug-likeness (QED) is 0.00940. The molecule has 39 heteroatoms. The van der Waals surface area contributed by atoms with Crippen LogP contribution in [-0.4, -0.2) is 298 Å². The number of carbonyl (C=O) groups excluding carboxylic acids is 5. The number of halogens is 6. The summed E-state index contributed by atoms with van der Waals surface area (Å²) in [6, 6.07) is 17.2. The summed E-state index contributed by atoms with van der Waals surface area (Å²) in [5.41, 5.74) is 3.34. The monoisotopic (exact) mass is 2530 g/mol. The second kappa shape index (κ2) is 62.1. The highest BCUT2D eigenvalue weighted by Crippen LogP contribution is 2.38. The van der Waals surface area contributed by atoms with Crippen LogP contribution in [0.1, 0.15) is 289 Å². The van der Waals surface area contributed by atoms with Gasteiger partial charge in [-0.1, -0.05) is 103 Å². The molecule has 818 valence electrons. The van der Waals surface area contributed by atoms with E-state index in [0.717, 1.165) is 145 Å². The molecule has 11 N–H and O–H groups in total. The van der Waals surface area contributed by atoms with Crippen LogP contribution in [0.25, 0.3) is 0 Å². The van der Waals surface area contributed by atoms with E-state index in [4.69, 9.17) is 23.7 Å². The van der Waals surface area contributed by atoms with Gasteiger partial charge in [0.15, 0.2) is 0 Å². The van der Waals surface area contributed by atoms with Gasteiger partial charge in [0.25, 0.3) is 0 Å².